The molecule has 1 N–H and O–H groups in total. The molecular weight excluding hydrogens is 388 g/mol. The van der Waals surface area contributed by atoms with E-state index in [9.17, 15) is 4.79 Å². The summed E-state index contributed by atoms with van der Waals surface area (Å²) < 4.78 is 2.05. The molecule has 3 aromatic heterocycles. The Kier molecular flexibility index (Phi) is 5.45. The van der Waals surface area contributed by atoms with Crippen LogP contribution in [0.25, 0.3) is 5.69 Å². The van der Waals surface area contributed by atoms with Crippen molar-refractivity contribution in [3.8, 4) is 5.69 Å². The van der Waals surface area contributed by atoms with E-state index in [2.05, 4.69) is 26.6 Å². The molecule has 0 radical (unpaired) electrons. The summed E-state index contributed by atoms with van der Waals surface area (Å²) in [6.07, 6.45) is 0.712. The molecule has 0 spiro atoms. The maximum absolute atomic E-state index is 12.7. The Morgan fingerprint density at radius 2 is 1.96 bits per heavy atom. The van der Waals surface area contributed by atoms with Crippen molar-refractivity contribution in [2.24, 2.45) is 0 Å². The molecule has 5 nitrogen and oxygen atoms in total. The molecule has 0 aliphatic carbocycles. The number of para-hydroxylation sites is 1. The van der Waals surface area contributed by atoms with Crippen LogP contribution in [0.3, 0.4) is 0 Å². The van der Waals surface area contributed by atoms with Crippen LogP contribution in [0.4, 0.5) is 0 Å². The number of nitrogens with one attached hydrogen (secondary N) is 1. The van der Waals surface area contributed by atoms with Crippen molar-refractivity contribution < 1.29 is 4.79 Å². The molecule has 0 unspecified atom stereocenters. The Morgan fingerprint density at radius 3 is 2.64 bits per heavy atom. The van der Waals surface area contributed by atoms with Gasteiger partial charge in [-0.3, -0.25) is 9.36 Å². The number of aryl methyl sites for hydroxylation is 2. The fourth-order valence-corrected chi connectivity index (χ4v) is 4.69. The monoisotopic (exact) mass is 408 g/mol. The second-order valence-electron chi connectivity index (χ2n) is 6.53. The van der Waals surface area contributed by atoms with Crippen LogP contribution in [0, 0.1) is 13.8 Å². The van der Waals surface area contributed by atoms with Gasteiger partial charge in [-0.15, -0.1) is 21.5 Å². The number of thioether (sulfide) groups is 1. The summed E-state index contributed by atoms with van der Waals surface area (Å²) in [4.78, 5) is 17.1. The first kappa shape index (κ1) is 18.7. The zero-order valence-electron chi connectivity index (χ0n) is 15.7. The minimum atomic E-state index is 0.0919. The summed E-state index contributed by atoms with van der Waals surface area (Å²) in [6, 6.07) is 16.1. The van der Waals surface area contributed by atoms with Gasteiger partial charge in [0.1, 0.15) is 5.82 Å². The highest BCUT2D eigenvalue weighted by atomic mass is 32.2. The predicted octanol–water partition coefficient (Wildman–Crippen LogP) is 4.84. The van der Waals surface area contributed by atoms with Crippen molar-refractivity contribution >= 4 is 28.9 Å². The van der Waals surface area contributed by atoms with E-state index in [1.54, 1.807) is 11.3 Å². The lowest BCUT2D eigenvalue weighted by molar-refractivity contribution is 0.102. The molecule has 28 heavy (non-hydrogen) atoms. The van der Waals surface area contributed by atoms with Crippen molar-refractivity contribution in [2.75, 3.05) is 5.75 Å². The Morgan fingerprint density at radius 1 is 1.14 bits per heavy atom. The van der Waals surface area contributed by atoms with Gasteiger partial charge in [0.25, 0.3) is 0 Å². The van der Waals surface area contributed by atoms with Crippen molar-refractivity contribution in [1.82, 2.24) is 19.7 Å². The quantitative estimate of drug-likeness (QED) is 0.351. The maximum atomic E-state index is 12.7. The van der Waals surface area contributed by atoms with Crippen LogP contribution in [0.15, 0.2) is 59.1 Å². The van der Waals surface area contributed by atoms with Crippen molar-refractivity contribution in [2.45, 2.75) is 25.4 Å². The molecule has 142 valence electrons. The standard InChI is InChI=1S/C21H20N4OS2/c1-14-11-18(15(2)22-14)19(26)13-28-21-24-23-20(12-17-9-6-10-27-17)25(21)16-7-4-3-5-8-16/h3-11,22H,12-13H2,1-2H3. The van der Waals surface area contributed by atoms with Crippen LogP contribution >= 0.6 is 23.1 Å². The third-order valence-corrected chi connectivity index (χ3v) is 6.21. The highest BCUT2D eigenvalue weighted by Crippen LogP contribution is 2.25. The first-order valence-corrected chi connectivity index (χ1v) is 10.8. The second kappa shape index (κ2) is 8.16. The number of aromatic nitrogens is 4. The van der Waals surface area contributed by atoms with E-state index in [0.29, 0.717) is 12.2 Å². The summed E-state index contributed by atoms with van der Waals surface area (Å²) in [6.45, 7) is 3.89. The summed E-state index contributed by atoms with van der Waals surface area (Å²) in [7, 11) is 0. The summed E-state index contributed by atoms with van der Waals surface area (Å²) in [5.41, 5.74) is 3.65. The molecule has 0 aliphatic heterocycles. The van der Waals surface area contributed by atoms with Crippen LogP contribution in [-0.2, 0) is 6.42 Å². The second-order valence-corrected chi connectivity index (χ2v) is 8.50. The van der Waals surface area contributed by atoms with Gasteiger partial charge in [0.05, 0.1) is 5.75 Å². The number of ketones is 1. The average Bonchev–Trinajstić information content (AvgIpc) is 3.42. The number of carbonyl (C=O) groups is 1. The first-order valence-electron chi connectivity index (χ1n) is 8.96. The third kappa shape index (κ3) is 3.95. The van der Waals surface area contributed by atoms with Gasteiger partial charge in [0.15, 0.2) is 10.9 Å². The lowest BCUT2D eigenvalue weighted by Crippen LogP contribution is -2.06. The molecule has 0 bridgehead atoms. The van der Waals surface area contributed by atoms with E-state index in [1.165, 1.54) is 16.6 Å². The van der Waals surface area contributed by atoms with Gasteiger partial charge in [-0.05, 0) is 43.5 Å². The number of aromatic amines is 1. The SMILES string of the molecule is Cc1cc(C(=O)CSc2nnc(Cc3cccs3)n2-c2ccccc2)c(C)[nH]1. The third-order valence-electron chi connectivity index (χ3n) is 4.41. The van der Waals surface area contributed by atoms with Gasteiger partial charge in [-0.1, -0.05) is 36.0 Å². The van der Waals surface area contributed by atoms with Crippen LogP contribution in [0.2, 0.25) is 0 Å². The van der Waals surface area contributed by atoms with E-state index in [1.807, 2.05) is 60.9 Å². The molecule has 0 atom stereocenters. The normalized spacial score (nSPS) is 11.1. The number of hydrogen-bond acceptors (Lipinski definition) is 5. The number of hydrogen-bond donors (Lipinski definition) is 1. The first-order chi connectivity index (χ1) is 13.6. The van der Waals surface area contributed by atoms with Crippen LogP contribution in [0.1, 0.15) is 32.4 Å². The van der Waals surface area contributed by atoms with E-state index >= 15 is 0 Å². The highest BCUT2D eigenvalue weighted by Gasteiger charge is 2.18. The van der Waals surface area contributed by atoms with Crippen molar-refractivity contribution in [1.29, 1.82) is 0 Å². The number of H-pyrrole nitrogens is 1. The number of carbonyl (C=O) groups excluding carboxylic acids is 1. The molecule has 4 rings (SSSR count). The molecular formula is C21H20N4OS2. The highest BCUT2D eigenvalue weighted by molar-refractivity contribution is 7.99. The van der Waals surface area contributed by atoms with Crippen LogP contribution in [0.5, 0.6) is 0 Å². The van der Waals surface area contributed by atoms with Gasteiger partial charge in [-0.25, -0.2) is 0 Å². The molecule has 0 amide bonds. The average molecular weight is 409 g/mol. The van der Waals surface area contributed by atoms with Crippen LogP contribution < -0.4 is 0 Å². The number of thiophene rings is 1. The van der Waals surface area contributed by atoms with Crippen molar-refractivity contribution in [3.05, 3.63) is 81.6 Å². The van der Waals surface area contributed by atoms with Gasteiger partial charge in [0.2, 0.25) is 0 Å². The van der Waals surface area contributed by atoms with E-state index < -0.39 is 0 Å². The van der Waals surface area contributed by atoms with Gasteiger partial charge < -0.3 is 4.98 Å². The lowest BCUT2D eigenvalue weighted by Gasteiger charge is -2.09. The fraction of sp³-hybridized carbons (Fsp3) is 0.190. The molecule has 0 fully saturated rings. The number of benzene rings is 1. The van der Waals surface area contributed by atoms with E-state index in [4.69, 9.17) is 0 Å². The Balaban J connectivity index is 1.60. The van der Waals surface area contributed by atoms with Gasteiger partial charge in [0, 0.05) is 33.9 Å². The zero-order valence-corrected chi connectivity index (χ0v) is 17.3. The molecule has 0 aliphatic rings. The summed E-state index contributed by atoms with van der Waals surface area (Å²) in [5, 5.41) is 11.6. The smallest absolute Gasteiger partial charge is 0.196 e. The maximum Gasteiger partial charge on any atom is 0.196 e. The number of rotatable bonds is 7. The fourth-order valence-electron chi connectivity index (χ4n) is 3.14. The summed E-state index contributed by atoms with van der Waals surface area (Å²) >= 11 is 3.13. The van der Waals surface area contributed by atoms with Gasteiger partial charge in [-0.2, -0.15) is 0 Å². The Bertz CT molecular complexity index is 1080. The molecule has 4 aromatic rings. The number of Topliss-reactive ketones (excluding diaryl/α,β-unsaturated/α-hetero) is 1. The molecule has 1 aromatic carbocycles. The predicted molar refractivity (Wildman–Crippen MR) is 114 cm³/mol. The minimum Gasteiger partial charge on any atom is -0.362 e. The van der Waals surface area contributed by atoms with Crippen LogP contribution in [-0.4, -0.2) is 31.3 Å². The van der Waals surface area contributed by atoms with Gasteiger partial charge >= 0.3 is 0 Å². The van der Waals surface area contributed by atoms with Crippen molar-refractivity contribution in [3.63, 3.8) is 0 Å². The lowest BCUT2D eigenvalue weighted by atomic mass is 10.2. The van der Waals surface area contributed by atoms with E-state index in [0.717, 1.165) is 33.6 Å². The zero-order chi connectivity index (χ0) is 19.5. The topological polar surface area (TPSA) is 63.6 Å². The van der Waals surface area contributed by atoms with E-state index in [-0.39, 0.29) is 5.78 Å². The molecule has 0 saturated heterocycles. The molecule has 0 saturated carbocycles. The largest absolute Gasteiger partial charge is 0.362 e. The molecule has 3 heterocycles. The Labute approximate surface area is 171 Å². The summed E-state index contributed by atoms with van der Waals surface area (Å²) in [5.74, 6) is 1.29. The minimum absolute atomic E-state index is 0.0919. The molecule has 7 heteroatoms. The number of nitrogens with zero attached hydrogens (tertiary/aromatic N) is 3. The Hall–Kier alpha value is -2.64.